The highest BCUT2D eigenvalue weighted by molar-refractivity contribution is 5.73. The normalized spacial score (nSPS) is 13.2. The smallest absolute Gasteiger partial charge is 0.131 e. The van der Waals surface area contributed by atoms with Crippen molar-refractivity contribution >= 4 is 5.57 Å². The van der Waals surface area contributed by atoms with Crippen molar-refractivity contribution in [2.75, 3.05) is 0 Å². The number of hydrogen-bond acceptors (Lipinski definition) is 1. The van der Waals surface area contributed by atoms with E-state index in [1.165, 1.54) is 0 Å². The Balaban J connectivity index is 3.03. The average Bonchev–Trinajstić information content (AvgIpc) is 2.40. The van der Waals surface area contributed by atoms with Crippen LogP contribution in [-0.2, 0) is 4.74 Å². The molecule has 1 aromatic rings. The Morgan fingerprint density at radius 1 is 1.30 bits per heavy atom. The lowest BCUT2D eigenvalue weighted by Crippen LogP contribution is -2.07. The molecule has 0 radical (unpaired) electrons. The Hall–Kier alpha value is -1.83. The number of allylic oxidation sites excluding steroid dienone is 4. The molecule has 0 saturated heterocycles. The highest BCUT2D eigenvalue weighted by Gasteiger charge is 2.15. The maximum Gasteiger partial charge on any atom is 0.131 e. The van der Waals surface area contributed by atoms with Gasteiger partial charge in [0.15, 0.2) is 0 Å². The summed E-state index contributed by atoms with van der Waals surface area (Å²) >= 11 is 0. The summed E-state index contributed by atoms with van der Waals surface area (Å²) in [5.74, 6) is 0.362. The van der Waals surface area contributed by atoms with Gasteiger partial charge in [-0.1, -0.05) is 44.4 Å². The van der Waals surface area contributed by atoms with Crippen LogP contribution in [0.15, 0.2) is 49.3 Å². The fourth-order valence-electron chi connectivity index (χ4n) is 2.01. The molecule has 20 heavy (non-hydrogen) atoms. The molecule has 0 aliphatic rings. The Labute approximate surface area is 121 Å². The molecule has 1 nitrogen and oxygen atoms in total. The van der Waals surface area contributed by atoms with Crippen LogP contribution in [0.1, 0.15) is 44.7 Å². The van der Waals surface area contributed by atoms with E-state index in [0.29, 0.717) is 11.3 Å². The van der Waals surface area contributed by atoms with Crippen molar-refractivity contribution < 1.29 is 9.13 Å². The van der Waals surface area contributed by atoms with Crippen LogP contribution in [0.25, 0.3) is 5.57 Å². The standard InChI is InChI=1S/C18H23FO/c1-7-15(8-2)17-10-9-16(11-18(17)19)13(5)14(6)20-12(3)4/h7-13H,1,6H2,2-5H3/b15-8+. The van der Waals surface area contributed by atoms with E-state index in [4.69, 9.17) is 4.74 Å². The van der Waals surface area contributed by atoms with Crippen LogP contribution < -0.4 is 0 Å². The molecule has 1 unspecified atom stereocenters. The number of benzene rings is 1. The lowest BCUT2D eigenvalue weighted by Gasteiger charge is -2.19. The van der Waals surface area contributed by atoms with Crippen LogP contribution >= 0.6 is 0 Å². The summed E-state index contributed by atoms with van der Waals surface area (Å²) in [6.07, 6.45) is 3.57. The SMILES string of the molecule is C=C/C(=C\C)c1ccc(C(C)C(=C)OC(C)C)cc1F. The van der Waals surface area contributed by atoms with Crippen molar-refractivity contribution in [2.24, 2.45) is 0 Å². The molecule has 0 aliphatic carbocycles. The summed E-state index contributed by atoms with van der Waals surface area (Å²) in [4.78, 5) is 0. The molecule has 0 aromatic heterocycles. The van der Waals surface area contributed by atoms with E-state index in [2.05, 4.69) is 13.2 Å². The third-order valence-corrected chi connectivity index (χ3v) is 3.21. The Morgan fingerprint density at radius 2 is 1.95 bits per heavy atom. The van der Waals surface area contributed by atoms with Crippen LogP contribution in [0, 0.1) is 5.82 Å². The van der Waals surface area contributed by atoms with E-state index in [1.54, 1.807) is 18.2 Å². The van der Waals surface area contributed by atoms with Gasteiger partial charge in [-0.25, -0.2) is 4.39 Å². The number of halogens is 1. The van der Waals surface area contributed by atoms with Gasteiger partial charge in [0.25, 0.3) is 0 Å². The summed E-state index contributed by atoms with van der Waals surface area (Å²) in [6, 6.07) is 5.23. The fraction of sp³-hybridized carbons (Fsp3) is 0.333. The van der Waals surface area contributed by atoms with Crippen LogP contribution in [0.3, 0.4) is 0 Å². The third-order valence-electron chi connectivity index (χ3n) is 3.21. The Morgan fingerprint density at radius 3 is 2.40 bits per heavy atom. The second-order valence-electron chi connectivity index (χ2n) is 5.04. The maximum atomic E-state index is 14.2. The molecule has 1 rings (SSSR count). The van der Waals surface area contributed by atoms with Gasteiger partial charge in [-0.05, 0) is 38.0 Å². The van der Waals surface area contributed by atoms with Crippen molar-refractivity contribution in [3.05, 3.63) is 66.2 Å². The quantitative estimate of drug-likeness (QED) is 0.494. The molecule has 0 heterocycles. The molecule has 0 fully saturated rings. The van der Waals surface area contributed by atoms with Gasteiger partial charge in [0, 0.05) is 11.5 Å². The molecular weight excluding hydrogens is 251 g/mol. The second kappa shape index (κ2) is 7.09. The minimum absolute atomic E-state index is 0.0428. The van der Waals surface area contributed by atoms with E-state index >= 15 is 0 Å². The minimum atomic E-state index is -0.250. The summed E-state index contributed by atoms with van der Waals surface area (Å²) in [7, 11) is 0. The largest absolute Gasteiger partial charge is 0.495 e. The lowest BCUT2D eigenvalue weighted by molar-refractivity contribution is 0.136. The molecule has 0 bridgehead atoms. The van der Waals surface area contributed by atoms with E-state index < -0.39 is 0 Å². The molecule has 2 heteroatoms. The first-order valence-electron chi connectivity index (χ1n) is 6.84. The van der Waals surface area contributed by atoms with Gasteiger partial charge in [-0.2, -0.15) is 0 Å². The van der Waals surface area contributed by atoms with Crippen LogP contribution in [0.2, 0.25) is 0 Å². The predicted octanol–water partition coefficient (Wildman–Crippen LogP) is 5.46. The first-order valence-corrected chi connectivity index (χ1v) is 6.84. The summed E-state index contributed by atoms with van der Waals surface area (Å²) < 4.78 is 19.8. The van der Waals surface area contributed by atoms with Crippen LogP contribution in [-0.4, -0.2) is 6.10 Å². The first-order chi connectivity index (χ1) is 9.40. The molecule has 0 spiro atoms. The lowest BCUT2D eigenvalue weighted by atomic mass is 9.95. The Kier molecular flexibility index (Phi) is 5.75. The molecule has 0 saturated carbocycles. The topological polar surface area (TPSA) is 9.23 Å². The molecule has 0 aliphatic heterocycles. The average molecular weight is 274 g/mol. The van der Waals surface area contributed by atoms with Gasteiger partial charge in [0.1, 0.15) is 5.82 Å². The van der Waals surface area contributed by atoms with E-state index in [0.717, 1.165) is 11.1 Å². The summed E-state index contributed by atoms with van der Waals surface area (Å²) in [5, 5.41) is 0. The molecule has 1 atom stereocenters. The van der Waals surface area contributed by atoms with Crippen LogP contribution in [0.4, 0.5) is 4.39 Å². The predicted molar refractivity (Wildman–Crippen MR) is 84.0 cm³/mol. The molecule has 1 aromatic carbocycles. The zero-order chi connectivity index (χ0) is 15.3. The third kappa shape index (κ3) is 3.83. The fourth-order valence-corrected chi connectivity index (χ4v) is 2.01. The van der Waals surface area contributed by atoms with Gasteiger partial charge in [-0.15, -0.1) is 0 Å². The van der Waals surface area contributed by atoms with Crippen molar-refractivity contribution in [1.82, 2.24) is 0 Å². The molecule has 108 valence electrons. The van der Waals surface area contributed by atoms with Crippen molar-refractivity contribution in [3.63, 3.8) is 0 Å². The number of hydrogen-bond donors (Lipinski definition) is 0. The number of rotatable bonds is 6. The maximum absolute atomic E-state index is 14.2. The van der Waals surface area contributed by atoms with Crippen molar-refractivity contribution in [3.8, 4) is 0 Å². The molecular formula is C18H23FO. The zero-order valence-corrected chi connectivity index (χ0v) is 12.7. The van der Waals surface area contributed by atoms with E-state index in [9.17, 15) is 4.39 Å². The van der Waals surface area contributed by atoms with Gasteiger partial charge in [-0.3, -0.25) is 0 Å². The highest BCUT2D eigenvalue weighted by Crippen LogP contribution is 2.28. The monoisotopic (exact) mass is 274 g/mol. The zero-order valence-electron chi connectivity index (χ0n) is 12.7. The Bertz CT molecular complexity index is 526. The van der Waals surface area contributed by atoms with Gasteiger partial charge in [0.2, 0.25) is 0 Å². The van der Waals surface area contributed by atoms with Gasteiger partial charge >= 0.3 is 0 Å². The molecule has 0 N–H and O–H groups in total. The van der Waals surface area contributed by atoms with Crippen molar-refractivity contribution in [1.29, 1.82) is 0 Å². The summed E-state index contributed by atoms with van der Waals surface area (Å²) in [6.45, 7) is 15.3. The molecule has 0 amide bonds. The van der Waals surface area contributed by atoms with Crippen molar-refractivity contribution in [2.45, 2.75) is 39.7 Å². The second-order valence-corrected chi connectivity index (χ2v) is 5.04. The number of ether oxygens (including phenoxy) is 1. The van der Waals surface area contributed by atoms with Gasteiger partial charge < -0.3 is 4.74 Å². The van der Waals surface area contributed by atoms with Gasteiger partial charge in [0.05, 0.1) is 11.9 Å². The van der Waals surface area contributed by atoms with Crippen LogP contribution in [0.5, 0.6) is 0 Å². The summed E-state index contributed by atoms with van der Waals surface area (Å²) in [5.41, 5.74) is 2.21. The van der Waals surface area contributed by atoms with E-state index in [-0.39, 0.29) is 17.8 Å². The highest BCUT2D eigenvalue weighted by atomic mass is 19.1. The van der Waals surface area contributed by atoms with E-state index in [1.807, 2.05) is 39.8 Å². The first kappa shape index (κ1) is 16.2. The minimum Gasteiger partial charge on any atom is -0.495 e.